The van der Waals surface area contributed by atoms with Gasteiger partial charge in [-0.25, -0.2) is 9.18 Å². The number of nitrogens with one attached hydrogen (secondary N) is 1. The van der Waals surface area contributed by atoms with Crippen LogP contribution in [0, 0.1) is 5.82 Å². The molecule has 1 N–H and O–H groups in total. The van der Waals surface area contributed by atoms with E-state index >= 15 is 0 Å². The molecule has 4 nitrogen and oxygen atoms in total. The Balaban J connectivity index is 1.92. The van der Waals surface area contributed by atoms with Crippen LogP contribution in [0.25, 0.3) is 6.08 Å². The number of hydrogen-bond donors (Lipinski definition) is 1. The van der Waals surface area contributed by atoms with Gasteiger partial charge in [-0.15, -0.1) is 0 Å². The number of carbonyl (C=O) groups excluding carboxylic acids is 2. The number of anilines is 1. The van der Waals surface area contributed by atoms with Crippen molar-refractivity contribution in [3.8, 4) is 0 Å². The molecule has 0 saturated heterocycles. The molecule has 27 heavy (non-hydrogen) atoms. The first-order valence-corrected chi connectivity index (χ1v) is 8.97. The SMILES string of the molecule is CC[C@H](C)c1ccccc1NC(=O)COC(=O)/C=C/c1c(F)cccc1Cl. The van der Waals surface area contributed by atoms with Crippen LogP contribution < -0.4 is 5.32 Å². The number of carbonyl (C=O) groups is 2. The second-order valence-corrected chi connectivity index (χ2v) is 6.43. The maximum Gasteiger partial charge on any atom is 0.331 e. The van der Waals surface area contributed by atoms with Crippen molar-refractivity contribution >= 4 is 35.2 Å². The minimum atomic E-state index is -0.764. The van der Waals surface area contributed by atoms with Crippen molar-refractivity contribution < 1.29 is 18.7 Å². The van der Waals surface area contributed by atoms with E-state index in [4.69, 9.17) is 16.3 Å². The number of ether oxygens (including phenoxy) is 1. The van der Waals surface area contributed by atoms with E-state index in [1.807, 2.05) is 18.2 Å². The van der Waals surface area contributed by atoms with E-state index in [0.717, 1.165) is 18.1 Å². The average Bonchev–Trinajstić information content (AvgIpc) is 2.66. The molecule has 2 aromatic rings. The van der Waals surface area contributed by atoms with E-state index < -0.39 is 24.3 Å². The number of hydrogen-bond acceptors (Lipinski definition) is 3. The van der Waals surface area contributed by atoms with Gasteiger partial charge >= 0.3 is 5.97 Å². The maximum absolute atomic E-state index is 13.6. The van der Waals surface area contributed by atoms with E-state index in [-0.39, 0.29) is 16.5 Å². The maximum atomic E-state index is 13.6. The van der Waals surface area contributed by atoms with Crippen LogP contribution in [0.2, 0.25) is 5.02 Å². The number of halogens is 2. The van der Waals surface area contributed by atoms with E-state index in [2.05, 4.69) is 19.2 Å². The first-order chi connectivity index (χ1) is 12.9. The Morgan fingerprint density at radius 1 is 1.22 bits per heavy atom. The lowest BCUT2D eigenvalue weighted by atomic mass is 9.97. The Morgan fingerprint density at radius 2 is 1.96 bits per heavy atom. The Hall–Kier alpha value is -2.66. The van der Waals surface area contributed by atoms with Crippen molar-refractivity contribution in [1.82, 2.24) is 0 Å². The van der Waals surface area contributed by atoms with Crippen LogP contribution in [-0.2, 0) is 14.3 Å². The number of para-hydroxylation sites is 1. The molecule has 0 aliphatic carbocycles. The molecule has 2 rings (SSSR count). The summed E-state index contributed by atoms with van der Waals surface area (Å²) in [5, 5.41) is 2.93. The smallest absolute Gasteiger partial charge is 0.331 e. The highest BCUT2D eigenvalue weighted by Crippen LogP contribution is 2.26. The molecular weight excluding hydrogens is 369 g/mol. The lowest BCUT2D eigenvalue weighted by Gasteiger charge is -2.15. The van der Waals surface area contributed by atoms with Crippen molar-refractivity contribution in [1.29, 1.82) is 0 Å². The Morgan fingerprint density at radius 3 is 2.67 bits per heavy atom. The number of benzene rings is 2. The van der Waals surface area contributed by atoms with Gasteiger partial charge in [0.1, 0.15) is 5.82 Å². The molecule has 0 aliphatic heterocycles. The minimum Gasteiger partial charge on any atom is -0.452 e. The molecule has 0 radical (unpaired) electrons. The highest BCUT2D eigenvalue weighted by Gasteiger charge is 2.12. The van der Waals surface area contributed by atoms with Crippen LogP contribution in [0.5, 0.6) is 0 Å². The predicted molar refractivity (Wildman–Crippen MR) is 105 cm³/mol. The summed E-state index contributed by atoms with van der Waals surface area (Å²) < 4.78 is 18.5. The van der Waals surface area contributed by atoms with Crippen molar-refractivity contribution in [3.05, 3.63) is 70.5 Å². The zero-order chi connectivity index (χ0) is 19.8. The van der Waals surface area contributed by atoms with Crippen LogP contribution in [0.3, 0.4) is 0 Å². The van der Waals surface area contributed by atoms with Gasteiger partial charge in [-0.2, -0.15) is 0 Å². The van der Waals surface area contributed by atoms with E-state index in [9.17, 15) is 14.0 Å². The third-order valence-electron chi connectivity index (χ3n) is 4.11. The van der Waals surface area contributed by atoms with Gasteiger partial charge in [0, 0.05) is 17.3 Å². The molecule has 1 amide bonds. The standard InChI is InChI=1S/C21H21ClFNO3/c1-3-14(2)15-7-4-5-10-19(15)24-20(25)13-27-21(26)12-11-16-17(22)8-6-9-18(16)23/h4-12,14H,3,13H2,1-2H3,(H,24,25)/b12-11+/t14-/m0/s1. The highest BCUT2D eigenvalue weighted by molar-refractivity contribution is 6.32. The van der Waals surface area contributed by atoms with E-state index in [0.29, 0.717) is 5.69 Å². The molecule has 0 fully saturated rings. The van der Waals surface area contributed by atoms with Crippen molar-refractivity contribution in [2.45, 2.75) is 26.2 Å². The first kappa shape index (κ1) is 20.6. The molecule has 2 aromatic carbocycles. The van der Waals surface area contributed by atoms with Crippen molar-refractivity contribution in [3.63, 3.8) is 0 Å². The number of esters is 1. The molecule has 1 atom stereocenters. The van der Waals surface area contributed by atoms with Gasteiger partial charge in [0.2, 0.25) is 0 Å². The van der Waals surface area contributed by atoms with Gasteiger partial charge in [0.15, 0.2) is 6.61 Å². The monoisotopic (exact) mass is 389 g/mol. The summed E-state index contributed by atoms with van der Waals surface area (Å²) in [5.41, 5.74) is 1.80. The highest BCUT2D eigenvalue weighted by atomic mass is 35.5. The van der Waals surface area contributed by atoms with Crippen molar-refractivity contribution in [2.75, 3.05) is 11.9 Å². The molecule has 6 heteroatoms. The second kappa shape index (κ2) is 9.88. The average molecular weight is 390 g/mol. The number of amides is 1. The van der Waals surface area contributed by atoms with Gasteiger partial charge in [0.25, 0.3) is 5.91 Å². The minimum absolute atomic E-state index is 0.0862. The Labute approximate surface area is 163 Å². The Bertz CT molecular complexity index is 831. The molecule has 0 saturated carbocycles. The summed E-state index contributed by atoms with van der Waals surface area (Å²) in [7, 11) is 0. The Kier molecular flexibility index (Phi) is 7.55. The predicted octanol–water partition coefficient (Wildman–Crippen LogP) is 5.19. The van der Waals surface area contributed by atoms with Crippen LogP contribution in [-0.4, -0.2) is 18.5 Å². The molecule has 0 unspecified atom stereocenters. The molecule has 0 heterocycles. The van der Waals surface area contributed by atoms with Crippen LogP contribution in [0.15, 0.2) is 48.5 Å². The van der Waals surface area contributed by atoms with E-state index in [1.54, 1.807) is 6.07 Å². The van der Waals surface area contributed by atoms with Gasteiger partial charge in [0.05, 0.1) is 5.02 Å². The number of rotatable bonds is 7. The zero-order valence-corrected chi connectivity index (χ0v) is 15.9. The van der Waals surface area contributed by atoms with Gasteiger partial charge in [-0.3, -0.25) is 4.79 Å². The fourth-order valence-electron chi connectivity index (χ4n) is 2.45. The summed E-state index contributed by atoms with van der Waals surface area (Å²) in [6, 6.07) is 11.7. The summed E-state index contributed by atoms with van der Waals surface area (Å²) in [5.74, 6) is -1.47. The molecular formula is C21H21ClFNO3. The summed E-state index contributed by atoms with van der Waals surface area (Å²) in [6.45, 7) is 3.70. The molecule has 0 aromatic heterocycles. The summed E-state index contributed by atoms with van der Waals surface area (Å²) in [4.78, 5) is 23.8. The van der Waals surface area contributed by atoms with Crippen LogP contribution in [0.4, 0.5) is 10.1 Å². The van der Waals surface area contributed by atoms with Crippen LogP contribution in [0.1, 0.15) is 37.3 Å². The zero-order valence-electron chi connectivity index (χ0n) is 15.2. The third kappa shape index (κ3) is 5.93. The fraction of sp³-hybridized carbons (Fsp3) is 0.238. The van der Waals surface area contributed by atoms with Gasteiger partial charge < -0.3 is 10.1 Å². The summed E-state index contributed by atoms with van der Waals surface area (Å²) >= 11 is 5.88. The largest absolute Gasteiger partial charge is 0.452 e. The normalized spacial score (nSPS) is 12.0. The molecule has 142 valence electrons. The second-order valence-electron chi connectivity index (χ2n) is 6.02. The fourth-order valence-corrected chi connectivity index (χ4v) is 2.68. The first-order valence-electron chi connectivity index (χ1n) is 8.60. The molecule has 0 spiro atoms. The van der Waals surface area contributed by atoms with Gasteiger partial charge in [-0.1, -0.05) is 49.7 Å². The third-order valence-corrected chi connectivity index (χ3v) is 4.44. The molecule has 0 aliphatic rings. The van der Waals surface area contributed by atoms with Gasteiger partial charge in [-0.05, 0) is 42.2 Å². The lowest BCUT2D eigenvalue weighted by Crippen LogP contribution is -2.21. The van der Waals surface area contributed by atoms with Crippen LogP contribution >= 0.6 is 11.6 Å². The topological polar surface area (TPSA) is 55.4 Å². The quantitative estimate of drug-likeness (QED) is 0.523. The lowest BCUT2D eigenvalue weighted by molar-refractivity contribution is -0.142. The molecule has 0 bridgehead atoms. The van der Waals surface area contributed by atoms with E-state index in [1.165, 1.54) is 24.3 Å². The summed E-state index contributed by atoms with van der Waals surface area (Å²) in [6.07, 6.45) is 3.19. The van der Waals surface area contributed by atoms with Crippen molar-refractivity contribution in [2.24, 2.45) is 0 Å².